The van der Waals surface area contributed by atoms with Gasteiger partial charge in [0, 0.05) is 26.2 Å². The highest BCUT2D eigenvalue weighted by molar-refractivity contribution is 7.86. The molecule has 2 rings (SSSR count). The summed E-state index contributed by atoms with van der Waals surface area (Å²) in [6.07, 6.45) is -1.94. The van der Waals surface area contributed by atoms with Crippen LogP contribution in [-0.2, 0) is 29.7 Å². The summed E-state index contributed by atoms with van der Waals surface area (Å²) in [5, 5.41) is 8.79. The van der Waals surface area contributed by atoms with Crippen molar-refractivity contribution < 1.29 is 28.3 Å². The van der Waals surface area contributed by atoms with Crippen molar-refractivity contribution in [3.63, 3.8) is 0 Å². The van der Waals surface area contributed by atoms with Gasteiger partial charge in [-0.15, -0.1) is 0 Å². The molecule has 1 aromatic rings. The van der Waals surface area contributed by atoms with Crippen LogP contribution in [0.4, 0.5) is 0 Å². The van der Waals surface area contributed by atoms with Crippen molar-refractivity contribution in [2.24, 2.45) is 0 Å². The fraction of sp³-hybridized carbons (Fsp3) is 0.571. The van der Waals surface area contributed by atoms with E-state index in [0.29, 0.717) is 4.90 Å². The van der Waals surface area contributed by atoms with E-state index in [9.17, 15) is 9.32 Å². The average Bonchev–Trinajstić information content (AvgIpc) is 2.54. The zero-order chi connectivity index (χ0) is 15.5. The molecule has 0 spiro atoms. The number of hydrogen-bond donors (Lipinski definition) is 1. The molecule has 1 fully saturated rings. The number of hydrogen-bond acceptors (Lipinski definition) is 6. The molecule has 0 aliphatic carbocycles. The minimum atomic E-state index is -1.99. The second kappa shape index (κ2) is 6.95. The summed E-state index contributed by atoms with van der Waals surface area (Å²) in [7, 11) is 2.58. The van der Waals surface area contributed by atoms with Crippen molar-refractivity contribution in [2.75, 3.05) is 27.9 Å². The van der Waals surface area contributed by atoms with E-state index in [2.05, 4.69) is 0 Å². The van der Waals surface area contributed by atoms with Gasteiger partial charge < -0.3 is 24.1 Å². The molecule has 0 saturated carbocycles. The zero-order valence-corrected chi connectivity index (χ0v) is 13.0. The zero-order valence-electron chi connectivity index (χ0n) is 12.2. The van der Waals surface area contributed by atoms with E-state index < -0.39 is 34.2 Å². The van der Waals surface area contributed by atoms with Crippen molar-refractivity contribution in [1.82, 2.24) is 0 Å². The standard InChI is InChI=1S/C14H20O6S/c1-17-11-9-20-14(15,13(19-3)12(11)18-2)21(16)10-7-5-4-6-8-10/h4-8,11-13,15H,9H2,1-3H3/t11-,12+,13-,14?,21?/m0/s1. The van der Waals surface area contributed by atoms with Crippen LogP contribution < -0.4 is 0 Å². The Hall–Kier alpha value is -0.830. The number of rotatable bonds is 5. The lowest BCUT2D eigenvalue weighted by atomic mass is 10.0. The maximum atomic E-state index is 12.7. The average molecular weight is 316 g/mol. The second-order valence-electron chi connectivity index (χ2n) is 4.65. The third-order valence-corrected chi connectivity index (χ3v) is 5.11. The molecule has 0 aromatic heterocycles. The quantitative estimate of drug-likeness (QED) is 0.853. The van der Waals surface area contributed by atoms with E-state index in [0.717, 1.165) is 0 Å². The maximum absolute atomic E-state index is 12.7. The van der Waals surface area contributed by atoms with Gasteiger partial charge in [0.25, 0.3) is 5.12 Å². The molecule has 1 aliphatic rings. The first kappa shape index (κ1) is 16.5. The molecule has 1 N–H and O–H groups in total. The number of methoxy groups -OCH3 is 3. The van der Waals surface area contributed by atoms with Gasteiger partial charge in [-0.05, 0) is 12.1 Å². The van der Waals surface area contributed by atoms with Crippen molar-refractivity contribution in [3.8, 4) is 0 Å². The lowest BCUT2D eigenvalue weighted by molar-refractivity contribution is -0.288. The van der Waals surface area contributed by atoms with Crippen molar-refractivity contribution >= 4 is 10.8 Å². The fourth-order valence-electron chi connectivity index (χ4n) is 2.41. The van der Waals surface area contributed by atoms with Crippen LogP contribution in [0.1, 0.15) is 0 Å². The Labute approximate surface area is 126 Å². The van der Waals surface area contributed by atoms with Crippen LogP contribution in [0.5, 0.6) is 0 Å². The molecule has 1 heterocycles. The Morgan fingerprint density at radius 3 is 2.38 bits per heavy atom. The lowest BCUT2D eigenvalue weighted by Crippen LogP contribution is -2.64. The molecule has 1 aliphatic heterocycles. The largest absolute Gasteiger partial charge is 0.376 e. The topological polar surface area (TPSA) is 74.2 Å². The number of ether oxygens (including phenoxy) is 4. The molecule has 0 amide bonds. The summed E-state index contributed by atoms with van der Waals surface area (Å²) in [4.78, 5) is 0.452. The SMILES string of the molecule is CO[C@@H]1[C@@H](OC)COC(O)(S(=O)c2ccccc2)[C@H]1OC. The minimum Gasteiger partial charge on any atom is -0.376 e. The van der Waals surface area contributed by atoms with Gasteiger partial charge in [0.15, 0.2) is 6.10 Å². The third-order valence-electron chi connectivity index (χ3n) is 3.53. The summed E-state index contributed by atoms with van der Waals surface area (Å²) < 4.78 is 34.1. The summed E-state index contributed by atoms with van der Waals surface area (Å²) in [5.41, 5.74) is 0. The van der Waals surface area contributed by atoms with Crippen LogP contribution in [0.25, 0.3) is 0 Å². The van der Waals surface area contributed by atoms with Gasteiger partial charge in [0.2, 0.25) is 0 Å². The van der Waals surface area contributed by atoms with Gasteiger partial charge in [-0.25, -0.2) is 4.21 Å². The predicted molar refractivity (Wildman–Crippen MR) is 76.1 cm³/mol. The van der Waals surface area contributed by atoms with Gasteiger partial charge in [-0.1, -0.05) is 18.2 Å². The predicted octanol–water partition coefficient (Wildman–Crippen LogP) is 0.515. The van der Waals surface area contributed by atoms with Gasteiger partial charge in [0.05, 0.1) is 6.61 Å². The molecule has 21 heavy (non-hydrogen) atoms. The summed E-state index contributed by atoms with van der Waals surface area (Å²) in [5.74, 6) is 0. The van der Waals surface area contributed by atoms with Gasteiger partial charge >= 0.3 is 0 Å². The van der Waals surface area contributed by atoms with Crippen LogP contribution in [-0.4, -0.2) is 60.7 Å². The van der Waals surface area contributed by atoms with E-state index in [1.807, 2.05) is 0 Å². The summed E-state index contributed by atoms with van der Waals surface area (Å²) in [6, 6.07) is 8.61. The molecule has 0 bridgehead atoms. The summed E-state index contributed by atoms with van der Waals surface area (Å²) in [6.45, 7) is 0.0595. The highest BCUT2D eigenvalue weighted by atomic mass is 32.2. The first-order chi connectivity index (χ1) is 10.1. The fourth-order valence-corrected chi connectivity index (χ4v) is 3.77. The second-order valence-corrected chi connectivity index (χ2v) is 6.25. The van der Waals surface area contributed by atoms with Crippen LogP contribution >= 0.6 is 0 Å². The van der Waals surface area contributed by atoms with Crippen LogP contribution in [0.3, 0.4) is 0 Å². The van der Waals surface area contributed by atoms with Crippen molar-refractivity contribution in [2.45, 2.75) is 28.3 Å². The van der Waals surface area contributed by atoms with Crippen molar-refractivity contribution in [1.29, 1.82) is 0 Å². The molecular formula is C14H20O6S. The van der Waals surface area contributed by atoms with E-state index in [-0.39, 0.29) is 6.61 Å². The van der Waals surface area contributed by atoms with Gasteiger partial charge in [-0.2, -0.15) is 0 Å². The maximum Gasteiger partial charge on any atom is 0.279 e. The summed E-state index contributed by atoms with van der Waals surface area (Å²) >= 11 is 0. The molecule has 2 unspecified atom stereocenters. The van der Waals surface area contributed by atoms with Crippen LogP contribution in [0, 0.1) is 0 Å². The molecule has 118 valence electrons. The normalized spacial score (nSPS) is 34.6. The van der Waals surface area contributed by atoms with E-state index in [1.54, 1.807) is 30.3 Å². The molecule has 1 saturated heterocycles. The van der Waals surface area contributed by atoms with Gasteiger partial charge in [0.1, 0.15) is 23.0 Å². The first-order valence-electron chi connectivity index (χ1n) is 6.50. The lowest BCUT2D eigenvalue weighted by Gasteiger charge is -2.44. The van der Waals surface area contributed by atoms with Gasteiger partial charge in [-0.3, -0.25) is 0 Å². The molecule has 1 aromatic carbocycles. The van der Waals surface area contributed by atoms with E-state index in [4.69, 9.17) is 18.9 Å². The molecule has 7 heteroatoms. The molecule has 0 radical (unpaired) electrons. The number of benzene rings is 1. The van der Waals surface area contributed by atoms with Crippen molar-refractivity contribution in [3.05, 3.63) is 30.3 Å². The Kier molecular flexibility index (Phi) is 5.48. The Bertz CT molecular complexity index is 482. The first-order valence-corrected chi connectivity index (χ1v) is 7.65. The number of aliphatic hydroxyl groups is 1. The van der Waals surface area contributed by atoms with Crippen LogP contribution in [0.2, 0.25) is 0 Å². The highest BCUT2D eigenvalue weighted by Crippen LogP contribution is 2.34. The van der Waals surface area contributed by atoms with E-state index in [1.165, 1.54) is 21.3 Å². The van der Waals surface area contributed by atoms with Crippen LogP contribution in [0.15, 0.2) is 35.2 Å². The molecule has 6 nitrogen and oxygen atoms in total. The monoisotopic (exact) mass is 316 g/mol. The Morgan fingerprint density at radius 1 is 1.19 bits per heavy atom. The molecular weight excluding hydrogens is 296 g/mol. The Balaban J connectivity index is 2.33. The highest BCUT2D eigenvalue weighted by Gasteiger charge is 2.55. The van der Waals surface area contributed by atoms with E-state index >= 15 is 0 Å². The third kappa shape index (κ3) is 3.03. The Morgan fingerprint density at radius 2 is 1.86 bits per heavy atom. The smallest absolute Gasteiger partial charge is 0.279 e. The molecule has 5 atom stereocenters. The minimum absolute atomic E-state index is 0.0595.